The van der Waals surface area contributed by atoms with E-state index in [-0.39, 0.29) is 18.7 Å². The Hall–Kier alpha value is -2.28. The Morgan fingerprint density at radius 1 is 1.19 bits per heavy atom. The summed E-state index contributed by atoms with van der Waals surface area (Å²) < 4.78 is 10.7. The molecule has 1 aromatic rings. The lowest BCUT2D eigenvalue weighted by Crippen LogP contribution is -2.50. The summed E-state index contributed by atoms with van der Waals surface area (Å²) in [6, 6.07) is 5.08. The van der Waals surface area contributed by atoms with Gasteiger partial charge < -0.3 is 14.8 Å². The smallest absolute Gasteiger partial charge is 0.321 e. The van der Waals surface area contributed by atoms with Gasteiger partial charge in [0.15, 0.2) is 11.5 Å². The summed E-state index contributed by atoms with van der Waals surface area (Å²) in [4.78, 5) is 26.3. The number of hydrogen-bond donors (Lipinski definition) is 2. The van der Waals surface area contributed by atoms with Crippen LogP contribution >= 0.6 is 0 Å². The second-order valence-electron chi connectivity index (χ2n) is 7.08. The number of nitrogens with zero attached hydrogens (tertiary/aromatic N) is 1. The van der Waals surface area contributed by atoms with Crippen LogP contribution in [0, 0.1) is 0 Å². The molecule has 2 aliphatic rings. The lowest BCUT2D eigenvalue weighted by Gasteiger charge is -2.25. The lowest BCUT2D eigenvalue weighted by atomic mass is 9.96. The highest BCUT2D eigenvalue weighted by molar-refractivity contribution is 5.96. The van der Waals surface area contributed by atoms with Gasteiger partial charge >= 0.3 is 6.03 Å². The van der Waals surface area contributed by atoms with Gasteiger partial charge in [-0.2, -0.15) is 0 Å². The third-order valence-corrected chi connectivity index (χ3v) is 5.09. The number of imide groups is 1. The molecule has 1 fully saturated rings. The van der Waals surface area contributed by atoms with Gasteiger partial charge in [-0.15, -0.1) is 0 Å². The molecule has 0 aromatic heterocycles. The van der Waals surface area contributed by atoms with Crippen molar-refractivity contribution in [2.24, 2.45) is 0 Å². The van der Waals surface area contributed by atoms with Crippen molar-refractivity contribution < 1.29 is 19.1 Å². The fraction of sp³-hybridized carbons (Fsp3) is 0.579. The Kier molecular flexibility index (Phi) is 5.98. The third-order valence-electron chi connectivity index (χ3n) is 5.09. The normalized spacial score (nSPS) is 17.8. The van der Waals surface area contributed by atoms with E-state index in [4.69, 9.17) is 9.47 Å². The molecule has 7 nitrogen and oxygen atoms in total. The SMILES string of the molecule is C[C@@H](C(=O)NC(=O)NC1CCCCC1)N(C)Cc1ccc2c(c1)OCO2. The highest BCUT2D eigenvalue weighted by Gasteiger charge is 2.23. The summed E-state index contributed by atoms with van der Waals surface area (Å²) in [6.07, 6.45) is 5.46. The number of fused-ring (bicyclic) bond motifs is 1. The zero-order chi connectivity index (χ0) is 18.5. The molecule has 0 unspecified atom stereocenters. The quantitative estimate of drug-likeness (QED) is 0.842. The zero-order valence-corrected chi connectivity index (χ0v) is 15.4. The van der Waals surface area contributed by atoms with Crippen molar-refractivity contribution in [3.63, 3.8) is 0 Å². The number of ether oxygens (including phenoxy) is 2. The van der Waals surface area contributed by atoms with Crippen molar-refractivity contribution in [2.75, 3.05) is 13.8 Å². The first kappa shape index (κ1) is 18.5. The largest absolute Gasteiger partial charge is 0.454 e. The summed E-state index contributed by atoms with van der Waals surface area (Å²) in [5.41, 5.74) is 1.02. The first-order valence-corrected chi connectivity index (χ1v) is 9.23. The Bertz CT molecular complexity index is 658. The van der Waals surface area contributed by atoms with Gasteiger partial charge in [-0.05, 0) is 44.5 Å². The number of rotatable bonds is 5. The van der Waals surface area contributed by atoms with Gasteiger partial charge in [-0.1, -0.05) is 25.3 Å². The molecule has 1 atom stereocenters. The van der Waals surface area contributed by atoms with E-state index in [0.29, 0.717) is 6.54 Å². The van der Waals surface area contributed by atoms with Crippen LogP contribution in [-0.2, 0) is 11.3 Å². The van der Waals surface area contributed by atoms with E-state index in [9.17, 15) is 9.59 Å². The minimum absolute atomic E-state index is 0.179. The maximum atomic E-state index is 12.4. The zero-order valence-electron chi connectivity index (χ0n) is 15.4. The Labute approximate surface area is 154 Å². The van der Waals surface area contributed by atoms with E-state index < -0.39 is 12.1 Å². The molecule has 3 rings (SSSR count). The lowest BCUT2D eigenvalue weighted by molar-refractivity contribution is -0.124. The average molecular weight is 361 g/mol. The van der Waals surface area contributed by atoms with E-state index in [1.54, 1.807) is 6.92 Å². The Morgan fingerprint density at radius 3 is 2.69 bits per heavy atom. The summed E-state index contributed by atoms with van der Waals surface area (Å²) in [5.74, 6) is 1.16. The molecule has 7 heteroatoms. The monoisotopic (exact) mass is 361 g/mol. The van der Waals surface area contributed by atoms with E-state index in [0.717, 1.165) is 42.7 Å². The topological polar surface area (TPSA) is 79.9 Å². The van der Waals surface area contributed by atoms with Crippen LogP contribution in [0.2, 0.25) is 0 Å². The number of carbonyl (C=O) groups is 2. The summed E-state index contributed by atoms with van der Waals surface area (Å²) in [5, 5.41) is 5.36. The van der Waals surface area contributed by atoms with Gasteiger partial charge in [0, 0.05) is 12.6 Å². The highest BCUT2D eigenvalue weighted by atomic mass is 16.7. The van der Waals surface area contributed by atoms with Crippen molar-refractivity contribution in [1.82, 2.24) is 15.5 Å². The van der Waals surface area contributed by atoms with Crippen molar-refractivity contribution in [1.29, 1.82) is 0 Å². The molecule has 1 aromatic carbocycles. The van der Waals surface area contributed by atoms with Crippen LogP contribution in [0.1, 0.15) is 44.6 Å². The highest BCUT2D eigenvalue weighted by Crippen LogP contribution is 2.32. The maximum absolute atomic E-state index is 12.4. The van der Waals surface area contributed by atoms with Crippen LogP contribution in [0.4, 0.5) is 4.79 Å². The molecule has 1 aliphatic heterocycles. The molecule has 1 heterocycles. The first-order valence-electron chi connectivity index (χ1n) is 9.23. The number of likely N-dealkylation sites (N-methyl/N-ethyl adjacent to an activating group) is 1. The van der Waals surface area contributed by atoms with Crippen molar-refractivity contribution in [3.05, 3.63) is 23.8 Å². The van der Waals surface area contributed by atoms with E-state index in [1.807, 2.05) is 30.1 Å². The number of amides is 3. The second kappa shape index (κ2) is 8.40. The maximum Gasteiger partial charge on any atom is 0.321 e. The summed E-state index contributed by atoms with van der Waals surface area (Å²) in [6.45, 7) is 2.59. The van der Waals surface area contributed by atoms with Crippen LogP contribution < -0.4 is 20.1 Å². The molecule has 1 aliphatic carbocycles. The Balaban J connectivity index is 1.48. The third kappa shape index (κ3) is 4.66. The Morgan fingerprint density at radius 2 is 1.92 bits per heavy atom. The van der Waals surface area contributed by atoms with Crippen LogP contribution in [0.3, 0.4) is 0 Å². The molecular weight excluding hydrogens is 334 g/mol. The molecule has 2 N–H and O–H groups in total. The predicted molar refractivity (Wildman–Crippen MR) is 97.0 cm³/mol. The number of urea groups is 1. The van der Waals surface area contributed by atoms with E-state index >= 15 is 0 Å². The molecule has 26 heavy (non-hydrogen) atoms. The van der Waals surface area contributed by atoms with Crippen LogP contribution in [0.5, 0.6) is 11.5 Å². The molecule has 0 spiro atoms. The predicted octanol–water partition coefficient (Wildman–Crippen LogP) is 2.39. The van der Waals surface area contributed by atoms with E-state index in [1.165, 1.54) is 6.42 Å². The molecule has 3 amide bonds. The first-order chi connectivity index (χ1) is 12.5. The second-order valence-corrected chi connectivity index (χ2v) is 7.08. The van der Waals surface area contributed by atoms with Gasteiger partial charge in [-0.25, -0.2) is 4.79 Å². The van der Waals surface area contributed by atoms with E-state index in [2.05, 4.69) is 10.6 Å². The number of benzene rings is 1. The van der Waals surface area contributed by atoms with Gasteiger partial charge in [0.25, 0.3) is 0 Å². The van der Waals surface area contributed by atoms with Crippen LogP contribution in [0.15, 0.2) is 18.2 Å². The average Bonchev–Trinajstić information content (AvgIpc) is 3.09. The number of nitrogens with one attached hydrogen (secondary N) is 2. The molecule has 0 radical (unpaired) electrons. The van der Waals surface area contributed by atoms with Crippen molar-refractivity contribution >= 4 is 11.9 Å². The molecule has 0 saturated heterocycles. The van der Waals surface area contributed by atoms with Crippen molar-refractivity contribution in [3.8, 4) is 11.5 Å². The van der Waals surface area contributed by atoms with Gasteiger partial charge in [0.05, 0.1) is 6.04 Å². The minimum Gasteiger partial charge on any atom is -0.454 e. The van der Waals surface area contributed by atoms with Gasteiger partial charge in [-0.3, -0.25) is 15.0 Å². The summed E-state index contributed by atoms with van der Waals surface area (Å²) >= 11 is 0. The van der Waals surface area contributed by atoms with Crippen LogP contribution in [-0.4, -0.2) is 42.8 Å². The molecular formula is C19H27N3O4. The van der Waals surface area contributed by atoms with Crippen LogP contribution in [0.25, 0.3) is 0 Å². The molecule has 0 bridgehead atoms. The number of carbonyl (C=O) groups excluding carboxylic acids is 2. The molecule has 142 valence electrons. The van der Waals surface area contributed by atoms with Crippen molar-refractivity contribution in [2.45, 2.75) is 57.7 Å². The number of hydrogen-bond acceptors (Lipinski definition) is 5. The van der Waals surface area contributed by atoms with Gasteiger partial charge in [0.2, 0.25) is 12.7 Å². The summed E-state index contributed by atoms with van der Waals surface area (Å²) in [7, 11) is 1.86. The molecule has 1 saturated carbocycles. The standard InChI is InChI=1S/C19H27N3O4/c1-13(18(23)21-19(24)20-15-6-4-3-5-7-15)22(2)11-14-8-9-16-17(10-14)26-12-25-16/h8-10,13,15H,3-7,11-12H2,1-2H3,(H2,20,21,23,24)/t13-/m0/s1. The fourth-order valence-electron chi connectivity index (χ4n) is 3.35. The minimum atomic E-state index is -0.433. The van der Waals surface area contributed by atoms with Gasteiger partial charge in [0.1, 0.15) is 0 Å². The fourth-order valence-corrected chi connectivity index (χ4v) is 3.35.